The molecule has 0 aromatic carbocycles. The highest BCUT2D eigenvalue weighted by molar-refractivity contribution is 6.27. The van der Waals surface area contributed by atoms with Crippen LogP contribution < -0.4 is 11.1 Å². The number of hydrogen-bond donors (Lipinski definition) is 3. The van der Waals surface area contributed by atoms with Crippen LogP contribution in [-0.4, -0.2) is 19.1 Å². The van der Waals surface area contributed by atoms with Gasteiger partial charge in [-0.3, -0.25) is 5.41 Å². The van der Waals surface area contributed by atoms with Gasteiger partial charge in [0.1, 0.15) is 11.7 Å². The van der Waals surface area contributed by atoms with Crippen molar-refractivity contribution in [3.63, 3.8) is 0 Å². The van der Waals surface area contributed by atoms with Gasteiger partial charge in [-0.25, -0.2) is 4.99 Å². The Hall–Kier alpha value is -1.32. The van der Waals surface area contributed by atoms with Gasteiger partial charge in [0.2, 0.25) is 0 Å². The van der Waals surface area contributed by atoms with Gasteiger partial charge < -0.3 is 11.1 Å². The van der Waals surface area contributed by atoms with Crippen LogP contribution in [0.4, 0.5) is 0 Å². The van der Waals surface area contributed by atoms with Gasteiger partial charge >= 0.3 is 0 Å². The minimum Gasteiger partial charge on any atom is -0.383 e. The summed E-state index contributed by atoms with van der Waals surface area (Å²) in [6.07, 6.45) is 1.22. The summed E-state index contributed by atoms with van der Waals surface area (Å²) in [4.78, 5) is 3.66. The fraction of sp³-hybridized carbons (Fsp3) is 0.200. The third kappa shape index (κ3) is 4.53. The molecule has 0 aliphatic heterocycles. The molecule has 0 rings (SSSR count). The first-order valence-electron chi connectivity index (χ1n) is 2.41. The van der Waals surface area contributed by atoms with Gasteiger partial charge in [0, 0.05) is 7.05 Å². The van der Waals surface area contributed by atoms with Gasteiger partial charge in [-0.2, -0.15) is 0 Å². The number of nitrogens with zero attached hydrogens (tertiary/aromatic N) is 1. The molecule has 0 aromatic rings. The molecule has 0 fully saturated rings. The molecular weight excluding hydrogens is 116 g/mol. The van der Waals surface area contributed by atoms with E-state index >= 15 is 0 Å². The molecule has 0 heterocycles. The minimum absolute atomic E-state index is 0.0774. The van der Waals surface area contributed by atoms with E-state index in [2.05, 4.69) is 16.9 Å². The van der Waals surface area contributed by atoms with E-state index in [1.807, 2.05) is 0 Å². The number of nitrogens with one attached hydrogen (secondary N) is 2. The van der Waals surface area contributed by atoms with Crippen LogP contribution in [0, 0.1) is 5.41 Å². The van der Waals surface area contributed by atoms with Crippen molar-refractivity contribution in [3.05, 3.63) is 12.4 Å². The Morgan fingerprint density at radius 3 is 2.78 bits per heavy atom. The molecule has 0 aliphatic carbocycles. The van der Waals surface area contributed by atoms with Gasteiger partial charge in [-0.1, -0.05) is 6.58 Å². The first-order valence-corrected chi connectivity index (χ1v) is 2.41. The summed E-state index contributed by atoms with van der Waals surface area (Å²) in [5.41, 5.74) is 4.96. The topological polar surface area (TPSA) is 74.3 Å². The molecule has 0 aromatic heterocycles. The molecule has 50 valence electrons. The summed E-state index contributed by atoms with van der Waals surface area (Å²) < 4.78 is 0. The Morgan fingerprint density at radius 1 is 1.89 bits per heavy atom. The van der Waals surface area contributed by atoms with E-state index < -0.39 is 0 Å². The number of rotatable bonds is 3. The van der Waals surface area contributed by atoms with Gasteiger partial charge in [-0.05, 0) is 0 Å². The SMILES string of the molecule is C=C(N=CC(=N)N)NC. The fourth-order valence-corrected chi connectivity index (χ4v) is 0.212. The van der Waals surface area contributed by atoms with Gasteiger partial charge in [0.25, 0.3) is 0 Å². The Kier molecular flexibility index (Phi) is 3.12. The van der Waals surface area contributed by atoms with Crippen LogP contribution in [0.2, 0.25) is 0 Å². The first kappa shape index (κ1) is 7.68. The highest BCUT2D eigenvalue weighted by Crippen LogP contribution is 1.78. The lowest BCUT2D eigenvalue weighted by molar-refractivity contribution is 0.977. The number of amidine groups is 1. The fourth-order valence-electron chi connectivity index (χ4n) is 0.212. The summed E-state index contributed by atoms with van der Waals surface area (Å²) in [6.45, 7) is 3.48. The van der Waals surface area contributed by atoms with Crippen LogP contribution in [0.15, 0.2) is 17.4 Å². The lowest BCUT2D eigenvalue weighted by Crippen LogP contribution is -2.12. The van der Waals surface area contributed by atoms with Crippen molar-refractivity contribution in [2.45, 2.75) is 0 Å². The number of hydrogen-bond acceptors (Lipinski definition) is 3. The Labute approximate surface area is 54.0 Å². The molecule has 0 unspecified atom stereocenters. The maximum atomic E-state index is 6.72. The van der Waals surface area contributed by atoms with Crippen molar-refractivity contribution < 1.29 is 0 Å². The van der Waals surface area contributed by atoms with Crippen molar-refractivity contribution in [1.82, 2.24) is 5.32 Å². The highest BCUT2D eigenvalue weighted by atomic mass is 15.0. The summed E-state index contributed by atoms with van der Waals surface area (Å²) in [5.74, 6) is 0.414. The van der Waals surface area contributed by atoms with E-state index in [1.165, 1.54) is 6.21 Å². The normalized spacial score (nSPS) is 9.44. The van der Waals surface area contributed by atoms with Crippen molar-refractivity contribution in [2.24, 2.45) is 10.7 Å². The molecule has 4 heteroatoms. The molecule has 0 saturated carbocycles. The van der Waals surface area contributed by atoms with Gasteiger partial charge in [0.05, 0.1) is 6.21 Å². The second-order valence-electron chi connectivity index (χ2n) is 1.41. The number of nitrogens with two attached hydrogens (primary N) is 1. The van der Waals surface area contributed by atoms with E-state index in [0.717, 1.165) is 0 Å². The quantitative estimate of drug-likeness (QED) is 0.358. The van der Waals surface area contributed by atoms with E-state index in [0.29, 0.717) is 5.82 Å². The van der Waals surface area contributed by atoms with Gasteiger partial charge in [-0.15, -0.1) is 0 Å². The number of aliphatic imine (C=N–C) groups is 1. The van der Waals surface area contributed by atoms with E-state index in [1.54, 1.807) is 7.05 Å². The summed E-state index contributed by atoms with van der Waals surface area (Å²) in [6, 6.07) is 0. The third-order valence-corrected chi connectivity index (χ3v) is 0.648. The molecule has 4 nitrogen and oxygen atoms in total. The van der Waals surface area contributed by atoms with Crippen molar-refractivity contribution in [2.75, 3.05) is 7.05 Å². The lowest BCUT2D eigenvalue weighted by atomic mass is 10.6. The Bertz CT molecular complexity index is 147. The third-order valence-electron chi connectivity index (χ3n) is 0.648. The zero-order chi connectivity index (χ0) is 7.28. The van der Waals surface area contributed by atoms with Crippen LogP contribution in [-0.2, 0) is 0 Å². The molecule has 0 bridgehead atoms. The Morgan fingerprint density at radius 2 is 2.44 bits per heavy atom. The molecule has 0 atom stereocenters. The smallest absolute Gasteiger partial charge is 0.134 e. The van der Waals surface area contributed by atoms with Crippen LogP contribution in [0.1, 0.15) is 0 Å². The second kappa shape index (κ2) is 3.65. The summed E-state index contributed by atoms with van der Waals surface area (Å²) in [7, 11) is 1.69. The predicted molar refractivity (Wildman–Crippen MR) is 38.6 cm³/mol. The van der Waals surface area contributed by atoms with E-state index in [9.17, 15) is 0 Å². The average Bonchev–Trinajstić information content (AvgIpc) is 1.83. The zero-order valence-electron chi connectivity index (χ0n) is 5.31. The minimum atomic E-state index is -0.0774. The summed E-state index contributed by atoms with van der Waals surface area (Å²) >= 11 is 0. The summed E-state index contributed by atoms with van der Waals surface area (Å²) in [5, 5.41) is 9.40. The second-order valence-corrected chi connectivity index (χ2v) is 1.41. The van der Waals surface area contributed by atoms with Crippen LogP contribution in [0.3, 0.4) is 0 Å². The predicted octanol–water partition coefficient (Wildman–Crippen LogP) is -0.316. The molecular formula is C5H10N4. The molecule has 0 saturated heterocycles. The molecule has 0 spiro atoms. The highest BCUT2D eigenvalue weighted by Gasteiger charge is 1.80. The molecule has 4 N–H and O–H groups in total. The maximum Gasteiger partial charge on any atom is 0.134 e. The molecule has 0 amide bonds. The van der Waals surface area contributed by atoms with E-state index in [4.69, 9.17) is 11.1 Å². The monoisotopic (exact) mass is 126 g/mol. The van der Waals surface area contributed by atoms with Crippen LogP contribution >= 0.6 is 0 Å². The standard InChI is InChI=1S/C5H10N4/c1-4(8-2)9-3-5(6)7/h3,8H,1H2,2H3,(H3,6,7). The molecule has 0 radical (unpaired) electrons. The lowest BCUT2D eigenvalue weighted by Gasteiger charge is -1.93. The van der Waals surface area contributed by atoms with Gasteiger partial charge in [0.15, 0.2) is 0 Å². The average molecular weight is 126 g/mol. The van der Waals surface area contributed by atoms with Crippen molar-refractivity contribution in [1.29, 1.82) is 5.41 Å². The zero-order valence-corrected chi connectivity index (χ0v) is 5.31. The molecule has 0 aliphatic rings. The van der Waals surface area contributed by atoms with Crippen LogP contribution in [0.25, 0.3) is 0 Å². The largest absolute Gasteiger partial charge is 0.383 e. The van der Waals surface area contributed by atoms with Crippen LogP contribution in [0.5, 0.6) is 0 Å². The molecule has 9 heavy (non-hydrogen) atoms. The van der Waals surface area contributed by atoms with Crippen molar-refractivity contribution >= 4 is 12.1 Å². The van der Waals surface area contributed by atoms with Crippen molar-refractivity contribution in [3.8, 4) is 0 Å². The maximum absolute atomic E-state index is 6.72. The van der Waals surface area contributed by atoms with E-state index in [-0.39, 0.29) is 5.84 Å². The first-order chi connectivity index (χ1) is 4.16. The Balaban J connectivity index is 3.71.